The number of rotatable bonds is 5. The van der Waals surface area contributed by atoms with E-state index in [9.17, 15) is 4.79 Å². The molecule has 0 amide bonds. The van der Waals surface area contributed by atoms with E-state index in [0.717, 1.165) is 0 Å². The number of ether oxygens (including phenoxy) is 2. The Balaban J connectivity index is 1.88. The molecule has 1 aliphatic carbocycles. The number of benzene rings is 1. The molecule has 0 heterocycles. The average Bonchev–Trinajstić information content (AvgIpc) is 3.07. The molecule has 3 heteroatoms. The fraction of sp³-hybridized carbons (Fsp3) is 0.500. The van der Waals surface area contributed by atoms with E-state index in [1.807, 2.05) is 12.1 Å². The van der Waals surface area contributed by atoms with Crippen LogP contribution in [-0.2, 0) is 14.9 Å². The van der Waals surface area contributed by atoms with Gasteiger partial charge in [-0.05, 0) is 42.9 Å². The van der Waals surface area contributed by atoms with Crippen molar-refractivity contribution < 1.29 is 14.3 Å². The van der Waals surface area contributed by atoms with Crippen molar-refractivity contribution >= 4 is 5.97 Å². The number of hydrogen-bond donors (Lipinski definition) is 0. The molecule has 0 atom stereocenters. The van der Waals surface area contributed by atoms with Crippen molar-refractivity contribution in [3.05, 3.63) is 29.8 Å². The standard InChI is InChI=1S/C14H18O3/c1-3-16-13(15)10-17-12-6-4-11(5-7-12)14(2)8-9-14/h4-7H,3,8-10H2,1-2H3. The van der Waals surface area contributed by atoms with E-state index < -0.39 is 0 Å². The molecule has 1 saturated carbocycles. The molecule has 0 aliphatic heterocycles. The number of esters is 1. The zero-order valence-corrected chi connectivity index (χ0v) is 10.4. The lowest BCUT2D eigenvalue weighted by molar-refractivity contribution is -0.145. The molecule has 0 radical (unpaired) electrons. The molecule has 1 aromatic rings. The first-order valence-corrected chi connectivity index (χ1v) is 6.03. The third kappa shape index (κ3) is 2.99. The van der Waals surface area contributed by atoms with E-state index in [-0.39, 0.29) is 12.6 Å². The highest BCUT2D eigenvalue weighted by atomic mass is 16.6. The first kappa shape index (κ1) is 12.0. The van der Waals surface area contributed by atoms with Crippen molar-refractivity contribution in [3.8, 4) is 5.75 Å². The minimum atomic E-state index is -0.328. The molecule has 92 valence electrons. The van der Waals surface area contributed by atoms with Crippen molar-refractivity contribution in [3.63, 3.8) is 0 Å². The van der Waals surface area contributed by atoms with Crippen molar-refractivity contribution in [1.29, 1.82) is 0 Å². The predicted octanol–water partition coefficient (Wildman–Crippen LogP) is 2.68. The number of carbonyl (C=O) groups excluding carboxylic acids is 1. The smallest absolute Gasteiger partial charge is 0.344 e. The normalized spacial score (nSPS) is 16.4. The van der Waals surface area contributed by atoms with E-state index in [4.69, 9.17) is 9.47 Å². The Kier molecular flexibility index (Phi) is 3.36. The Hall–Kier alpha value is -1.51. The van der Waals surface area contributed by atoms with Crippen LogP contribution in [0.5, 0.6) is 5.75 Å². The van der Waals surface area contributed by atoms with Crippen LogP contribution in [0.4, 0.5) is 0 Å². The lowest BCUT2D eigenvalue weighted by atomic mass is 9.99. The van der Waals surface area contributed by atoms with Gasteiger partial charge in [-0.25, -0.2) is 4.79 Å². The van der Waals surface area contributed by atoms with Gasteiger partial charge in [0, 0.05) is 0 Å². The third-order valence-corrected chi connectivity index (χ3v) is 3.21. The predicted molar refractivity (Wildman–Crippen MR) is 65.2 cm³/mol. The van der Waals surface area contributed by atoms with Crippen LogP contribution in [0.2, 0.25) is 0 Å². The Morgan fingerprint density at radius 2 is 1.94 bits per heavy atom. The van der Waals surface area contributed by atoms with Crippen LogP contribution in [0.15, 0.2) is 24.3 Å². The highest BCUT2D eigenvalue weighted by molar-refractivity contribution is 5.71. The van der Waals surface area contributed by atoms with Crippen molar-refractivity contribution in [1.82, 2.24) is 0 Å². The maximum Gasteiger partial charge on any atom is 0.344 e. The van der Waals surface area contributed by atoms with Crippen LogP contribution < -0.4 is 4.74 Å². The molecule has 2 rings (SSSR count). The summed E-state index contributed by atoms with van der Waals surface area (Å²) in [4.78, 5) is 11.1. The van der Waals surface area contributed by atoms with Gasteiger partial charge in [0.05, 0.1) is 6.61 Å². The molecule has 3 nitrogen and oxygen atoms in total. The number of hydrogen-bond acceptors (Lipinski definition) is 3. The summed E-state index contributed by atoms with van der Waals surface area (Å²) in [6.45, 7) is 4.41. The van der Waals surface area contributed by atoms with Gasteiger partial charge in [0.15, 0.2) is 6.61 Å². The van der Waals surface area contributed by atoms with Gasteiger partial charge in [0.25, 0.3) is 0 Å². The Morgan fingerprint density at radius 3 is 2.47 bits per heavy atom. The molecular formula is C14H18O3. The Morgan fingerprint density at radius 1 is 1.29 bits per heavy atom. The minimum absolute atomic E-state index is 0.0234. The van der Waals surface area contributed by atoms with Crippen molar-refractivity contribution in [2.75, 3.05) is 13.2 Å². The zero-order valence-electron chi connectivity index (χ0n) is 10.4. The van der Waals surface area contributed by atoms with E-state index in [0.29, 0.717) is 17.8 Å². The third-order valence-electron chi connectivity index (χ3n) is 3.21. The first-order chi connectivity index (χ1) is 8.14. The van der Waals surface area contributed by atoms with Crippen LogP contribution in [0.25, 0.3) is 0 Å². The van der Waals surface area contributed by atoms with Gasteiger partial charge in [-0.1, -0.05) is 19.1 Å². The van der Waals surface area contributed by atoms with Gasteiger partial charge in [0.1, 0.15) is 5.75 Å². The van der Waals surface area contributed by atoms with Crippen LogP contribution in [0.3, 0.4) is 0 Å². The molecular weight excluding hydrogens is 216 g/mol. The SMILES string of the molecule is CCOC(=O)COc1ccc(C2(C)CC2)cc1. The summed E-state index contributed by atoms with van der Waals surface area (Å²) in [6, 6.07) is 7.98. The summed E-state index contributed by atoms with van der Waals surface area (Å²) >= 11 is 0. The van der Waals surface area contributed by atoms with E-state index in [1.165, 1.54) is 18.4 Å². The molecule has 0 bridgehead atoms. The topological polar surface area (TPSA) is 35.5 Å². The maximum atomic E-state index is 11.1. The molecule has 1 aliphatic rings. The molecule has 0 spiro atoms. The van der Waals surface area contributed by atoms with Gasteiger partial charge in [-0.15, -0.1) is 0 Å². The lowest BCUT2D eigenvalue weighted by Gasteiger charge is -2.10. The van der Waals surface area contributed by atoms with Crippen LogP contribution in [0, 0.1) is 0 Å². The monoisotopic (exact) mass is 234 g/mol. The second-order valence-corrected chi connectivity index (χ2v) is 4.68. The minimum Gasteiger partial charge on any atom is -0.482 e. The van der Waals surface area contributed by atoms with Crippen LogP contribution in [0.1, 0.15) is 32.3 Å². The van der Waals surface area contributed by atoms with Crippen molar-refractivity contribution in [2.45, 2.75) is 32.1 Å². The van der Waals surface area contributed by atoms with Crippen LogP contribution in [-0.4, -0.2) is 19.2 Å². The molecule has 0 unspecified atom stereocenters. The van der Waals surface area contributed by atoms with E-state index in [2.05, 4.69) is 19.1 Å². The molecule has 0 aromatic heterocycles. The quantitative estimate of drug-likeness (QED) is 0.735. The molecule has 1 aromatic carbocycles. The second kappa shape index (κ2) is 4.78. The summed E-state index contributed by atoms with van der Waals surface area (Å²) < 4.78 is 10.1. The van der Waals surface area contributed by atoms with Gasteiger partial charge in [0.2, 0.25) is 0 Å². The molecule has 0 N–H and O–H groups in total. The average molecular weight is 234 g/mol. The summed E-state index contributed by atoms with van der Waals surface area (Å²) in [5, 5.41) is 0. The highest BCUT2D eigenvalue weighted by Gasteiger charge is 2.38. The first-order valence-electron chi connectivity index (χ1n) is 6.03. The highest BCUT2D eigenvalue weighted by Crippen LogP contribution is 2.47. The fourth-order valence-corrected chi connectivity index (χ4v) is 1.77. The van der Waals surface area contributed by atoms with Gasteiger partial charge < -0.3 is 9.47 Å². The Bertz CT molecular complexity index is 390. The lowest BCUT2D eigenvalue weighted by Crippen LogP contribution is -2.14. The summed E-state index contributed by atoms with van der Waals surface area (Å²) in [7, 11) is 0. The maximum absolute atomic E-state index is 11.1. The van der Waals surface area contributed by atoms with Crippen molar-refractivity contribution in [2.24, 2.45) is 0 Å². The van der Waals surface area contributed by atoms with E-state index in [1.54, 1.807) is 6.92 Å². The molecule has 1 fully saturated rings. The summed E-state index contributed by atoms with van der Waals surface area (Å²) in [6.07, 6.45) is 2.52. The second-order valence-electron chi connectivity index (χ2n) is 4.68. The van der Waals surface area contributed by atoms with E-state index >= 15 is 0 Å². The zero-order chi connectivity index (χ0) is 12.3. The Labute approximate surface area is 102 Å². The van der Waals surface area contributed by atoms with Gasteiger partial charge >= 0.3 is 5.97 Å². The summed E-state index contributed by atoms with van der Waals surface area (Å²) in [5.41, 5.74) is 1.72. The summed E-state index contributed by atoms with van der Waals surface area (Å²) in [5.74, 6) is 0.386. The largest absolute Gasteiger partial charge is 0.482 e. The fourth-order valence-electron chi connectivity index (χ4n) is 1.77. The van der Waals surface area contributed by atoms with Gasteiger partial charge in [-0.3, -0.25) is 0 Å². The van der Waals surface area contributed by atoms with Crippen LogP contribution >= 0.6 is 0 Å². The molecule has 0 saturated heterocycles. The number of carbonyl (C=O) groups is 1. The van der Waals surface area contributed by atoms with Gasteiger partial charge in [-0.2, -0.15) is 0 Å². The molecule has 17 heavy (non-hydrogen) atoms.